The summed E-state index contributed by atoms with van der Waals surface area (Å²) in [4.78, 5) is 7.20. The van der Waals surface area contributed by atoms with Crippen LogP contribution in [0.1, 0.15) is 33.1 Å². The van der Waals surface area contributed by atoms with Crippen molar-refractivity contribution in [2.45, 2.75) is 39.7 Å². The Bertz CT molecular complexity index is 442. The number of aromatic nitrogens is 2. The number of rotatable bonds is 8. The minimum Gasteiger partial charge on any atom is -0.357 e. The van der Waals surface area contributed by atoms with Crippen LogP contribution in [0.25, 0.3) is 0 Å². The monoisotopic (exact) mass is 320 g/mol. The van der Waals surface area contributed by atoms with E-state index in [-0.39, 0.29) is 0 Å². The van der Waals surface area contributed by atoms with Crippen molar-refractivity contribution in [3.63, 3.8) is 0 Å². The van der Waals surface area contributed by atoms with E-state index in [0.29, 0.717) is 0 Å². The van der Waals surface area contributed by atoms with Gasteiger partial charge in [-0.15, -0.1) is 0 Å². The number of aliphatic imine (C=N–C) groups is 1. The fourth-order valence-corrected chi connectivity index (χ4v) is 3.02. The van der Waals surface area contributed by atoms with Crippen molar-refractivity contribution in [2.24, 2.45) is 10.9 Å². The number of piperidine rings is 1. The molecule has 0 spiro atoms. The Balaban J connectivity index is 1.64. The maximum Gasteiger partial charge on any atom is 0.191 e. The van der Waals surface area contributed by atoms with E-state index in [1.54, 1.807) is 0 Å². The Labute approximate surface area is 140 Å². The summed E-state index contributed by atoms with van der Waals surface area (Å²) >= 11 is 0. The largest absolute Gasteiger partial charge is 0.357 e. The maximum atomic E-state index is 4.65. The van der Waals surface area contributed by atoms with Gasteiger partial charge in [0.2, 0.25) is 0 Å². The highest BCUT2D eigenvalue weighted by Gasteiger charge is 2.15. The second-order valence-electron chi connectivity index (χ2n) is 6.36. The lowest BCUT2D eigenvalue weighted by molar-refractivity contribution is 0.187. The quantitative estimate of drug-likeness (QED) is 0.434. The average molecular weight is 320 g/mol. The van der Waals surface area contributed by atoms with Gasteiger partial charge in [0.1, 0.15) is 0 Å². The lowest BCUT2D eigenvalue weighted by atomic mass is 10.0. The zero-order valence-corrected chi connectivity index (χ0v) is 14.7. The zero-order valence-electron chi connectivity index (χ0n) is 14.7. The summed E-state index contributed by atoms with van der Waals surface area (Å²) in [5, 5.41) is 11.0. The van der Waals surface area contributed by atoms with E-state index in [9.17, 15) is 0 Å². The first-order valence-electron chi connectivity index (χ1n) is 9.00. The number of likely N-dealkylation sites (tertiary alicyclic amines) is 1. The van der Waals surface area contributed by atoms with E-state index in [1.165, 1.54) is 25.9 Å². The van der Waals surface area contributed by atoms with Gasteiger partial charge in [0.15, 0.2) is 5.96 Å². The highest BCUT2D eigenvalue weighted by atomic mass is 15.3. The molecule has 1 unspecified atom stereocenters. The van der Waals surface area contributed by atoms with Gasteiger partial charge in [-0.3, -0.25) is 9.67 Å². The molecular formula is C17H32N6. The fourth-order valence-electron chi connectivity index (χ4n) is 3.02. The predicted molar refractivity (Wildman–Crippen MR) is 95.7 cm³/mol. The van der Waals surface area contributed by atoms with Gasteiger partial charge in [-0.1, -0.05) is 6.92 Å². The van der Waals surface area contributed by atoms with Crippen LogP contribution in [0, 0.1) is 5.92 Å². The SMILES string of the molecule is CCNC(=NCCCn1cccn1)NCCN1CCCC(C)C1. The third kappa shape index (κ3) is 7.03. The molecule has 1 aliphatic rings. The number of nitrogens with one attached hydrogen (secondary N) is 2. The molecule has 6 heteroatoms. The van der Waals surface area contributed by atoms with Crippen molar-refractivity contribution in [3.05, 3.63) is 18.5 Å². The molecule has 0 bridgehead atoms. The highest BCUT2D eigenvalue weighted by molar-refractivity contribution is 5.79. The second-order valence-corrected chi connectivity index (χ2v) is 6.36. The van der Waals surface area contributed by atoms with Crippen molar-refractivity contribution in [1.29, 1.82) is 0 Å². The Kier molecular flexibility index (Phi) is 7.93. The normalized spacial score (nSPS) is 19.7. The summed E-state index contributed by atoms with van der Waals surface area (Å²) in [5.74, 6) is 1.77. The molecule has 1 aromatic rings. The summed E-state index contributed by atoms with van der Waals surface area (Å²) in [5.41, 5.74) is 0. The molecule has 0 saturated carbocycles. The Morgan fingerprint density at radius 2 is 2.26 bits per heavy atom. The molecule has 1 fully saturated rings. The van der Waals surface area contributed by atoms with E-state index in [0.717, 1.165) is 51.0 Å². The first-order chi connectivity index (χ1) is 11.3. The third-order valence-electron chi connectivity index (χ3n) is 4.18. The van der Waals surface area contributed by atoms with Gasteiger partial charge in [-0.25, -0.2) is 0 Å². The number of guanidine groups is 1. The molecule has 2 heterocycles. The highest BCUT2D eigenvalue weighted by Crippen LogP contribution is 2.14. The van der Waals surface area contributed by atoms with Crippen molar-refractivity contribution in [3.8, 4) is 0 Å². The number of hydrogen-bond donors (Lipinski definition) is 2. The van der Waals surface area contributed by atoms with Crippen LogP contribution >= 0.6 is 0 Å². The van der Waals surface area contributed by atoms with Crippen LogP contribution in [-0.4, -0.2) is 59.9 Å². The summed E-state index contributed by atoms with van der Waals surface area (Å²) in [7, 11) is 0. The van der Waals surface area contributed by atoms with Crippen molar-refractivity contribution in [2.75, 3.05) is 39.3 Å². The Hall–Kier alpha value is -1.56. The molecule has 1 aromatic heterocycles. The molecule has 2 N–H and O–H groups in total. The summed E-state index contributed by atoms with van der Waals surface area (Å²) in [6, 6.07) is 1.95. The van der Waals surface area contributed by atoms with Crippen LogP contribution in [0.3, 0.4) is 0 Å². The van der Waals surface area contributed by atoms with Crippen LogP contribution in [0.2, 0.25) is 0 Å². The molecule has 6 nitrogen and oxygen atoms in total. The van der Waals surface area contributed by atoms with Gasteiger partial charge in [0, 0.05) is 51.7 Å². The van der Waals surface area contributed by atoms with E-state index in [4.69, 9.17) is 0 Å². The molecular weight excluding hydrogens is 288 g/mol. The Morgan fingerprint density at radius 1 is 1.35 bits per heavy atom. The molecule has 1 saturated heterocycles. The van der Waals surface area contributed by atoms with Crippen LogP contribution in [0.4, 0.5) is 0 Å². The Morgan fingerprint density at radius 3 is 3.00 bits per heavy atom. The maximum absolute atomic E-state index is 4.65. The predicted octanol–water partition coefficient (Wildman–Crippen LogP) is 1.56. The second kappa shape index (κ2) is 10.3. The molecule has 0 aromatic carbocycles. The molecule has 0 aliphatic carbocycles. The lowest BCUT2D eigenvalue weighted by Crippen LogP contribution is -2.43. The van der Waals surface area contributed by atoms with Crippen molar-refractivity contribution < 1.29 is 0 Å². The van der Waals surface area contributed by atoms with Gasteiger partial charge in [-0.2, -0.15) is 5.10 Å². The summed E-state index contributed by atoms with van der Waals surface area (Å²) in [6.07, 6.45) is 7.53. The number of hydrogen-bond acceptors (Lipinski definition) is 3. The first kappa shape index (κ1) is 17.8. The topological polar surface area (TPSA) is 57.5 Å². The van der Waals surface area contributed by atoms with Gasteiger partial charge in [0.05, 0.1) is 0 Å². The average Bonchev–Trinajstić information content (AvgIpc) is 3.05. The van der Waals surface area contributed by atoms with E-state index >= 15 is 0 Å². The van der Waals surface area contributed by atoms with Gasteiger partial charge < -0.3 is 15.5 Å². The van der Waals surface area contributed by atoms with Crippen LogP contribution in [0.15, 0.2) is 23.5 Å². The molecule has 0 radical (unpaired) electrons. The third-order valence-corrected chi connectivity index (χ3v) is 4.18. The molecule has 1 aliphatic heterocycles. The number of nitrogens with zero attached hydrogens (tertiary/aromatic N) is 4. The van der Waals surface area contributed by atoms with E-state index in [2.05, 4.69) is 39.5 Å². The standard InChI is InChI=1S/C17H32N6/c1-3-18-17(19-8-5-12-23-13-6-9-21-23)20-10-14-22-11-4-7-16(2)15-22/h6,9,13,16H,3-5,7-8,10-12,14-15H2,1-2H3,(H2,18,19,20). The summed E-state index contributed by atoms with van der Waals surface area (Å²) in [6.45, 7) is 11.6. The van der Waals surface area contributed by atoms with Crippen molar-refractivity contribution >= 4 is 5.96 Å². The summed E-state index contributed by atoms with van der Waals surface area (Å²) < 4.78 is 1.95. The lowest BCUT2D eigenvalue weighted by Gasteiger charge is -2.30. The first-order valence-corrected chi connectivity index (χ1v) is 9.00. The van der Waals surface area contributed by atoms with Crippen LogP contribution in [-0.2, 0) is 6.54 Å². The van der Waals surface area contributed by atoms with Crippen molar-refractivity contribution in [1.82, 2.24) is 25.3 Å². The van der Waals surface area contributed by atoms with Gasteiger partial charge >= 0.3 is 0 Å². The van der Waals surface area contributed by atoms with Gasteiger partial charge in [0.25, 0.3) is 0 Å². The fraction of sp³-hybridized carbons (Fsp3) is 0.765. The zero-order chi connectivity index (χ0) is 16.3. The smallest absolute Gasteiger partial charge is 0.191 e. The molecule has 1 atom stereocenters. The minimum absolute atomic E-state index is 0.815. The van der Waals surface area contributed by atoms with Gasteiger partial charge in [-0.05, 0) is 44.7 Å². The van der Waals surface area contributed by atoms with E-state index in [1.807, 2.05) is 23.1 Å². The molecule has 130 valence electrons. The van der Waals surface area contributed by atoms with Crippen LogP contribution < -0.4 is 10.6 Å². The molecule has 23 heavy (non-hydrogen) atoms. The molecule has 2 rings (SSSR count). The number of aryl methyl sites for hydroxylation is 1. The van der Waals surface area contributed by atoms with Crippen LogP contribution in [0.5, 0.6) is 0 Å². The van der Waals surface area contributed by atoms with E-state index < -0.39 is 0 Å². The minimum atomic E-state index is 0.815. The molecule has 0 amide bonds.